The van der Waals surface area contributed by atoms with Gasteiger partial charge in [-0.15, -0.1) is 0 Å². The summed E-state index contributed by atoms with van der Waals surface area (Å²) in [7, 11) is 0. The third-order valence-electron chi connectivity index (χ3n) is 4.88. The van der Waals surface area contributed by atoms with E-state index in [0.29, 0.717) is 5.92 Å². The maximum absolute atomic E-state index is 6.17. The summed E-state index contributed by atoms with van der Waals surface area (Å²) >= 11 is 6.17. The fourth-order valence-corrected chi connectivity index (χ4v) is 3.84. The second-order valence-corrected chi connectivity index (χ2v) is 6.85. The highest BCUT2D eigenvalue weighted by atomic mass is 35.5. The summed E-state index contributed by atoms with van der Waals surface area (Å²) in [6.45, 7) is 4.28. The van der Waals surface area contributed by atoms with E-state index in [1.165, 1.54) is 63.6 Å². The second kappa shape index (κ2) is 7.51. The van der Waals surface area contributed by atoms with Crippen LogP contribution in [0.5, 0.6) is 5.75 Å². The lowest BCUT2D eigenvalue weighted by Crippen LogP contribution is -2.25. The summed E-state index contributed by atoms with van der Waals surface area (Å²) in [5, 5.41) is 0.783. The molecular formula is C18H26ClNO. The van der Waals surface area contributed by atoms with E-state index in [1.807, 2.05) is 12.1 Å². The average molecular weight is 308 g/mol. The Labute approximate surface area is 133 Å². The number of nitrogens with zero attached hydrogens (tertiary/aromatic N) is 1. The highest BCUT2D eigenvalue weighted by molar-refractivity contribution is 6.30. The molecule has 1 heterocycles. The van der Waals surface area contributed by atoms with Crippen LogP contribution in [0.1, 0.15) is 56.4 Å². The predicted molar refractivity (Wildman–Crippen MR) is 88.4 cm³/mol. The Morgan fingerprint density at radius 3 is 2.57 bits per heavy atom. The van der Waals surface area contributed by atoms with Crippen molar-refractivity contribution in [3.05, 3.63) is 28.8 Å². The van der Waals surface area contributed by atoms with Gasteiger partial charge >= 0.3 is 0 Å². The van der Waals surface area contributed by atoms with Gasteiger partial charge in [0.25, 0.3) is 0 Å². The molecule has 1 aliphatic heterocycles. The number of ether oxygens (including phenoxy) is 1. The maximum atomic E-state index is 6.17. The Bertz CT molecular complexity index is 451. The number of hydrogen-bond acceptors (Lipinski definition) is 2. The third-order valence-corrected chi connectivity index (χ3v) is 5.12. The van der Waals surface area contributed by atoms with E-state index in [4.69, 9.17) is 16.3 Å². The first-order valence-corrected chi connectivity index (χ1v) is 8.85. The van der Waals surface area contributed by atoms with Crippen LogP contribution in [-0.2, 0) is 0 Å². The van der Waals surface area contributed by atoms with E-state index in [2.05, 4.69) is 11.0 Å². The van der Waals surface area contributed by atoms with E-state index in [-0.39, 0.29) is 0 Å². The molecule has 2 fully saturated rings. The van der Waals surface area contributed by atoms with Crippen LogP contribution in [-0.4, -0.2) is 31.1 Å². The van der Waals surface area contributed by atoms with Gasteiger partial charge in [0.05, 0.1) is 0 Å². The Hall–Kier alpha value is -0.730. The minimum Gasteiger partial charge on any atom is -0.492 e. The molecule has 1 saturated heterocycles. The number of rotatable bonds is 5. The molecule has 0 bridgehead atoms. The van der Waals surface area contributed by atoms with Crippen molar-refractivity contribution in [2.24, 2.45) is 0 Å². The summed E-state index contributed by atoms with van der Waals surface area (Å²) in [5.41, 5.74) is 1.38. The first-order valence-electron chi connectivity index (χ1n) is 8.47. The fraction of sp³-hybridized carbons (Fsp3) is 0.667. The van der Waals surface area contributed by atoms with Crippen LogP contribution in [0.2, 0.25) is 5.02 Å². The van der Waals surface area contributed by atoms with Crippen molar-refractivity contribution >= 4 is 11.6 Å². The van der Waals surface area contributed by atoms with Gasteiger partial charge in [-0.1, -0.05) is 36.9 Å². The molecule has 3 heteroatoms. The summed E-state index contributed by atoms with van der Waals surface area (Å²) in [6.07, 6.45) is 9.35. The largest absolute Gasteiger partial charge is 0.492 e. The van der Waals surface area contributed by atoms with Gasteiger partial charge in [0.1, 0.15) is 12.4 Å². The van der Waals surface area contributed by atoms with Crippen LogP contribution in [0.15, 0.2) is 18.2 Å². The number of hydrogen-bond donors (Lipinski definition) is 0. The molecule has 0 radical (unpaired) electrons. The lowest BCUT2D eigenvalue weighted by molar-refractivity contribution is 0.234. The zero-order valence-electron chi connectivity index (χ0n) is 12.8. The number of halogens is 1. The lowest BCUT2D eigenvalue weighted by Gasteiger charge is -2.25. The molecule has 1 aliphatic carbocycles. The summed E-state index contributed by atoms with van der Waals surface area (Å²) in [4.78, 5) is 2.49. The van der Waals surface area contributed by atoms with Gasteiger partial charge in [-0.25, -0.2) is 0 Å². The van der Waals surface area contributed by atoms with Gasteiger partial charge in [0, 0.05) is 11.6 Å². The standard InChI is InChI=1S/C18H26ClNO/c19-16-8-9-17(15-6-2-1-3-7-15)18(14-16)21-13-12-20-10-4-5-11-20/h8-9,14-15H,1-7,10-13H2. The van der Waals surface area contributed by atoms with Crippen LogP contribution < -0.4 is 4.74 Å². The monoisotopic (exact) mass is 307 g/mol. The molecule has 2 nitrogen and oxygen atoms in total. The SMILES string of the molecule is Clc1ccc(C2CCCCC2)c(OCCN2CCCC2)c1. The molecule has 2 aliphatic rings. The molecule has 1 aromatic rings. The minimum absolute atomic E-state index is 0.665. The second-order valence-electron chi connectivity index (χ2n) is 6.41. The van der Waals surface area contributed by atoms with Gasteiger partial charge in [0.15, 0.2) is 0 Å². The minimum atomic E-state index is 0.665. The number of likely N-dealkylation sites (tertiary alicyclic amines) is 1. The molecule has 116 valence electrons. The summed E-state index contributed by atoms with van der Waals surface area (Å²) in [6, 6.07) is 6.21. The molecule has 0 spiro atoms. The topological polar surface area (TPSA) is 12.5 Å². The van der Waals surface area contributed by atoms with Crippen LogP contribution in [0.25, 0.3) is 0 Å². The zero-order chi connectivity index (χ0) is 14.5. The molecule has 0 aromatic heterocycles. The van der Waals surface area contributed by atoms with Gasteiger partial charge in [-0.3, -0.25) is 4.90 Å². The maximum Gasteiger partial charge on any atom is 0.124 e. The molecule has 1 aromatic carbocycles. The Balaban J connectivity index is 1.62. The van der Waals surface area contributed by atoms with Crippen molar-refractivity contribution in [2.45, 2.75) is 50.9 Å². The Morgan fingerprint density at radius 2 is 1.81 bits per heavy atom. The normalized spacial score (nSPS) is 20.8. The van der Waals surface area contributed by atoms with E-state index in [9.17, 15) is 0 Å². The Morgan fingerprint density at radius 1 is 1.05 bits per heavy atom. The molecule has 0 N–H and O–H groups in total. The molecule has 0 unspecified atom stereocenters. The van der Waals surface area contributed by atoms with Crippen molar-refractivity contribution in [1.82, 2.24) is 4.90 Å². The highest BCUT2D eigenvalue weighted by Crippen LogP contribution is 2.38. The zero-order valence-corrected chi connectivity index (χ0v) is 13.6. The third kappa shape index (κ3) is 4.14. The highest BCUT2D eigenvalue weighted by Gasteiger charge is 2.20. The molecular weight excluding hydrogens is 282 g/mol. The first kappa shape index (κ1) is 15.2. The predicted octanol–water partition coefficient (Wildman–Crippen LogP) is 4.86. The smallest absolute Gasteiger partial charge is 0.124 e. The van der Waals surface area contributed by atoms with Crippen LogP contribution in [0.3, 0.4) is 0 Å². The van der Waals surface area contributed by atoms with Crippen molar-refractivity contribution in [2.75, 3.05) is 26.2 Å². The lowest BCUT2D eigenvalue weighted by atomic mass is 9.84. The van der Waals surface area contributed by atoms with Gasteiger partial charge < -0.3 is 4.74 Å². The Kier molecular flexibility index (Phi) is 5.43. The van der Waals surface area contributed by atoms with E-state index < -0.39 is 0 Å². The fourth-order valence-electron chi connectivity index (χ4n) is 3.67. The van der Waals surface area contributed by atoms with Gasteiger partial charge in [-0.05, 0) is 62.4 Å². The van der Waals surface area contributed by atoms with E-state index in [0.717, 1.165) is 23.9 Å². The first-order chi connectivity index (χ1) is 10.3. The number of benzene rings is 1. The van der Waals surface area contributed by atoms with Crippen molar-refractivity contribution in [3.8, 4) is 5.75 Å². The molecule has 3 rings (SSSR count). The summed E-state index contributed by atoms with van der Waals surface area (Å²) < 4.78 is 6.11. The van der Waals surface area contributed by atoms with Gasteiger partial charge in [-0.2, -0.15) is 0 Å². The quantitative estimate of drug-likeness (QED) is 0.770. The van der Waals surface area contributed by atoms with Crippen molar-refractivity contribution in [1.29, 1.82) is 0 Å². The molecule has 0 atom stereocenters. The van der Waals surface area contributed by atoms with Crippen LogP contribution >= 0.6 is 11.6 Å². The average Bonchev–Trinajstić information content (AvgIpc) is 3.02. The summed E-state index contributed by atoms with van der Waals surface area (Å²) in [5.74, 6) is 1.69. The molecule has 21 heavy (non-hydrogen) atoms. The van der Waals surface area contributed by atoms with Crippen LogP contribution in [0, 0.1) is 0 Å². The van der Waals surface area contributed by atoms with Gasteiger partial charge in [0.2, 0.25) is 0 Å². The molecule has 0 amide bonds. The van der Waals surface area contributed by atoms with E-state index in [1.54, 1.807) is 0 Å². The van der Waals surface area contributed by atoms with Crippen LogP contribution in [0.4, 0.5) is 0 Å². The van der Waals surface area contributed by atoms with E-state index >= 15 is 0 Å². The molecule has 1 saturated carbocycles. The van der Waals surface area contributed by atoms with Crippen molar-refractivity contribution < 1.29 is 4.74 Å². The van der Waals surface area contributed by atoms with Crippen molar-refractivity contribution in [3.63, 3.8) is 0 Å².